The zero-order valence-electron chi connectivity index (χ0n) is 17.7. The van der Waals surface area contributed by atoms with Crippen LogP contribution in [0.2, 0.25) is 0 Å². The van der Waals surface area contributed by atoms with E-state index >= 15 is 0 Å². The molecule has 2 N–H and O–H groups in total. The van der Waals surface area contributed by atoms with Gasteiger partial charge in [0.25, 0.3) is 0 Å². The fraction of sp³-hybridized carbons (Fsp3) is 0.318. The Bertz CT molecular complexity index is 1120. The average Bonchev–Trinajstić information content (AvgIpc) is 2.80. The lowest BCUT2D eigenvalue weighted by atomic mass is 10.1. The second-order valence-electron chi connectivity index (χ2n) is 7.55. The van der Waals surface area contributed by atoms with Crippen molar-refractivity contribution in [3.8, 4) is 17.3 Å². The molecule has 1 fully saturated rings. The van der Waals surface area contributed by atoms with Gasteiger partial charge in [0.05, 0.1) is 25.2 Å². The molecule has 0 atom stereocenters. The van der Waals surface area contributed by atoms with Gasteiger partial charge in [0.1, 0.15) is 11.3 Å². The summed E-state index contributed by atoms with van der Waals surface area (Å²) in [5, 5.41) is 20.6. The van der Waals surface area contributed by atoms with Crippen molar-refractivity contribution < 1.29 is 4.74 Å². The number of hydrogen-bond donors (Lipinski definition) is 2. The fourth-order valence-corrected chi connectivity index (χ4v) is 3.51. The van der Waals surface area contributed by atoms with Crippen molar-refractivity contribution in [2.24, 2.45) is 0 Å². The van der Waals surface area contributed by atoms with Crippen LogP contribution in [0.3, 0.4) is 0 Å². The number of ether oxygens (including phenoxy) is 1. The van der Waals surface area contributed by atoms with E-state index in [-0.39, 0.29) is 11.3 Å². The van der Waals surface area contributed by atoms with E-state index in [0.717, 1.165) is 43.0 Å². The lowest BCUT2D eigenvalue weighted by Gasteiger charge is -2.33. The van der Waals surface area contributed by atoms with E-state index in [1.807, 2.05) is 36.7 Å². The highest BCUT2D eigenvalue weighted by atomic mass is 16.5. The molecular formula is C22H26N8O. The summed E-state index contributed by atoms with van der Waals surface area (Å²) in [4.78, 5) is 13.8. The number of anilines is 1. The van der Waals surface area contributed by atoms with Crippen molar-refractivity contribution in [3.63, 3.8) is 0 Å². The molecule has 0 spiro atoms. The molecule has 1 aliphatic rings. The highest BCUT2D eigenvalue weighted by Crippen LogP contribution is 2.20. The first-order valence-corrected chi connectivity index (χ1v) is 10.1. The molecule has 9 heteroatoms. The van der Waals surface area contributed by atoms with E-state index in [0.29, 0.717) is 18.1 Å². The Morgan fingerprint density at radius 2 is 1.81 bits per heavy atom. The monoisotopic (exact) mass is 418 g/mol. The smallest absolute Gasteiger partial charge is 0.231 e. The lowest BCUT2D eigenvalue weighted by molar-refractivity contribution is 0.312. The first-order valence-electron chi connectivity index (χ1n) is 10.1. The van der Waals surface area contributed by atoms with E-state index in [9.17, 15) is 0 Å². The molecule has 0 saturated carbocycles. The molecule has 31 heavy (non-hydrogen) atoms. The zero-order chi connectivity index (χ0) is 21.8. The maximum atomic E-state index is 8.40. The number of likely N-dealkylation sites (N-methyl/N-ethyl adjacent to an activating group) is 1. The molecule has 1 saturated heterocycles. The molecule has 1 aromatic carbocycles. The van der Waals surface area contributed by atoms with Gasteiger partial charge in [-0.05, 0) is 24.7 Å². The Kier molecular flexibility index (Phi) is 6.03. The van der Waals surface area contributed by atoms with Crippen LogP contribution in [0.1, 0.15) is 5.56 Å². The summed E-state index contributed by atoms with van der Waals surface area (Å²) in [5.41, 5.74) is 2.98. The van der Waals surface area contributed by atoms with Gasteiger partial charge in [-0.15, -0.1) is 5.10 Å². The third-order valence-corrected chi connectivity index (χ3v) is 5.34. The third-order valence-electron chi connectivity index (χ3n) is 5.34. The minimum Gasteiger partial charge on any atom is -0.480 e. The predicted molar refractivity (Wildman–Crippen MR) is 119 cm³/mol. The van der Waals surface area contributed by atoms with Crippen LogP contribution < -0.4 is 15.1 Å². The molecule has 2 aromatic heterocycles. The summed E-state index contributed by atoms with van der Waals surface area (Å²) in [6.07, 6.45) is 4.08. The number of piperazine rings is 1. The van der Waals surface area contributed by atoms with Crippen molar-refractivity contribution in [1.82, 2.24) is 24.6 Å². The molecule has 1 aliphatic heterocycles. The molecule has 160 valence electrons. The summed E-state index contributed by atoms with van der Waals surface area (Å²) in [6.45, 7) is 4.03. The first-order chi connectivity index (χ1) is 15.0. The summed E-state index contributed by atoms with van der Waals surface area (Å²) < 4.78 is 6.38. The minimum atomic E-state index is 0.129. The second-order valence-corrected chi connectivity index (χ2v) is 7.55. The van der Waals surface area contributed by atoms with Gasteiger partial charge in [0.2, 0.25) is 5.88 Å². The van der Waals surface area contributed by atoms with Crippen molar-refractivity contribution in [2.45, 2.75) is 6.42 Å². The largest absolute Gasteiger partial charge is 0.480 e. The molecule has 0 radical (unpaired) electrons. The molecule has 4 rings (SSSR count). The molecule has 0 bridgehead atoms. The third kappa shape index (κ3) is 4.77. The molecule has 9 nitrogen and oxygen atoms in total. The number of benzene rings is 1. The van der Waals surface area contributed by atoms with Crippen LogP contribution in [0.25, 0.3) is 11.4 Å². The molecule has 0 aliphatic carbocycles. The van der Waals surface area contributed by atoms with Crippen molar-refractivity contribution in [2.75, 3.05) is 45.2 Å². The Morgan fingerprint density at radius 3 is 2.52 bits per heavy atom. The van der Waals surface area contributed by atoms with E-state index < -0.39 is 0 Å². The van der Waals surface area contributed by atoms with Gasteiger partial charge in [-0.1, -0.05) is 18.2 Å². The van der Waals surface area contributed by atoms with Crippen LogP contribution in [-0.4, -0.2) is 70.8 Å². The van der Waals surface area contributed by atoms with Crippen molar-refractivity contribution >= 4 is 11.5 Å². The van der Waals surface area contributed by atoms with Crippen LogP contribution in [0.15, 0.2) is 48.8 Å². The number of methoxy groups -OCH3 is 1. The summed E-state index contributed by atoms with van der Waals surface area (Å²) in [5.74, 6) is 1.20. The fourth-order valence-electron chi connectivity index (χ4n) is 3.51. The molecule has 3 heterocycles. The molecule has 3 aromatic rings. The van der Waals surface area contributed by atoms with Gasteiger partial charge in [0, 0.05) is 44.2 Å². The van der Waals surface area contributed by atoms with Crippen LogP contribution in [0.5, 0.6) is 5.88 Å². The van der Waals surface area contributed by atoms with Gasteiger partial charge < -0.3 is 14.5 Å². The average molecular weight is 419 g/mol. The molecule has 0 unspecified atom stereocenters. The predicted octanol–water partition coefficient (Wildman–Crippen LogP) is 1.65. The maximum Gasteiger partial charge on any atom is 0.231 e. The number of aromatic nitrogens is 4. The van der Waals surface area contributed by atoms with Crippen molar-refractivity contribution in [1.29, 1.82) is 10.8 Å². The quantitative estimate of drug-likeness (QED) is 0.482. The van der Waals surface area contributed by atoms with Crippen LogP contribution >= 0.6 is 0 Å². The topological polar surface area (TPSA) is 107 Å². The first kappa shape index (κ1) is 20.7. The summed E-state index contributed by atoms with van der Waals surface area (Å²) >= 11 is 0. The Balaban J connectivity index is 1.49. The number of nitrogens with one attached hydrogen (secondary N) is 2. The van der Waals surface area contributed by atoms with Gasteiger partial charge in [-0.25, -0.2) is 9.97 Å². The van der Waals surface area contributed by atoms with Crippen LogP contribution in [0.4, 0.5) is 5.69 Å². The standard InChI is InChI=1S/C22H26N8O/c1-28-8-10-29(11-9-28)18-14-25-22(26-15-18)17-5-3-4-16(12-17)13-20(24)30-19(23)6-7-21(27-30)31-2/h3-7,12,14-15,23-24H,8-11,13H2,1-2H3. The van der Waals surface area contributed by atoms with E-state index in [1.165, 1.54) is 11.8 Å². The van der Waals surface area contributed by atoms with E-state index in [1.54, 1.807) is 12.1 Å². The molecular weight excluding hydrogens is 392 g/mol. The summed E-state index contributed by atoms with van der Waals surface area (Å²) in [7, 11) is 3.65. The number of rotatable bonds is 5. The highest BCUT2D eigenvalue weighted by molar-refractivity contribution is 5.83. The van der Waals surface area contributed by atoms with Gasteiger partial charge in [0.15, 0.2) is 5.82 Å². The van der Waals surface area contributed by atoms with Crippen LogP contribution in [0, 0.1) is 10.8 Å². The van der Waals surface area contributed by atoms with Crippen molar-refractivity contribution in [3.05, 3.63) is 59.8 Å². The normalized spacial score (nSPS) is 14.5. The summed E-state index contributed by atoms with van der Waals surface area (Å²) in [6, 6.07) is 11.0. The Hall–Kier alpha value is -3.59. The lowest BCUT2D eigenvalue weighted by Crippen LogP contribution is -2.44. The molecule has 0 amide bonds. The SMILES string of the molecule is COc1ccc(=N)n(C(=N)Cc2cccc(-c3ncc(N4CCN(C)CC4)cn3)c2)n1. The Labute approximate surface area is 181 Å². The van der Waals surface area contributed by atoms with Crippen LogP contribution in [-0.2, 0) is 6.42 Å². The van der Waals surface area contributed by atoms with E-state index in [4.69, 9.17) is 15.6 Å². The number of hydrogen-bond acceptors (Lipinski definition) is 8. The van der Waals surface area contributed by atoms with Gasteiger partial charge in [-0.2, -0.15) is 4.68 Å². The second kappa shape index (κ2) is 9.05. The minimum absolute atomic E-state index is 0.129. The van der Waals surface area contributed by atoms with E-state index in [2.05, 4.69) is 31.9 Å². The maximum absolute atomic E-state index is 8.40. The zero-order valence-corrected chi connectivity index (χ0v) is 17.7. The number of nitrogens with zero attached hydrogens (tertiary/aromatic N) is 6. The van der Waals surface area contributed by atoms with Gasteiger partial charge >= 0.3 is 0 Å². The highest BCUT2D eigenvalue weighted by Gasteiger charge is 2.15. The van der Waals surface area contributed by atoms with Gasteiger partial charge in [-0.3, -0.25) is 10.8 Å². The Morgan fingerprint density at radius 1 is 1.06 bits per heavy atom.